The maximum absolute atomic E-state index is 11.5. The number of rotatable bonds is 6. The second-order valence-electron chi connectivity index (χ2n) is 6.94. The first-order valence-corrected chi connectivity index (χ1v) is 9.65. The van der Waals surface area contributed by atoms with Crippen molar-refractivity contribution >= 4 is 28.7 Å². The third kappa shape index (κ3) is 4.68. The molecule has 3 N–H and O–H groups in total. The van der Waals surface area contributed by atoms with Crippen LogP contribution in [0.1, 0.15) is 19.3 Å². The molecule has 0 radical (unpaired) electrons. The third-order valence-electron chi connectivity index (χ3n) is 5.11. The van der Waals surface area contributed by atoms with Crippen LogP contribution in [0, 0.1) is 5.92 Å². The van der Waals surface area contributed by atoms with Gasteiger partial charge in [-0.1, -0.05) is 0 Å². The van der Waals surface area contributed by atoms with Crippen molar-refractivity contribution in [1.29, 1.82) is 0 Å². The number of anilines is 1. The minimum Gasteiger partial charge on any atom is -0.368 e. The van der Waals surface area contributed by atoms with Gasteiger partial charge in [0.05, 0.1) is 11.6 Å². The molecule has 3 rings (SSSR count). The number of hydrogen-bond donors (Lipinski definition) is 3. The molecule has 1 aliphatic rings. The van der Waals surface area contributed by atoms with Gasteiger partial charge in [0, 0.05) is 53.7 Å². The van der Waals surface area contributed by atoms with Gasteiger partial charge in [-0.25, -0.2) is 9.97 Å². The van der Waals surface area contributed by atoms with Crippen molar-refractivity contribution in [3.63, 3.8) is 0 Å². The number of nitrogens with zero attached hydrogens (tertiary/aromatic N) is 6. The summed E-state index contributed by atoms with van der Waals surface area (Å²) in [5.41, 5.74) is 0.806. The minimum absolute atomic E-state index is 0.125. The van der Waals surface area contributed by atoms with Crippen molar-refractivity contribution in [3.05, 3.63) is 12.5 Å². The van der Waals surface area contributed by atoms with E-state index in [9.17, 15) is 4.79 Å². The highest BCUT2D eigenvalue weighted by Gasteiger charge is 2.22. The minimum atomic E-state index is 0.125. The molecule has 0 atom stereocenters. The van der Waals surface area contributed by atoms with Gasteiger partial charge >= 0.3 is 0 Å². The van der Waals surface area contributed by atoms with Crippen LogP contribution < -0.4 is 16.0 Å². The summed E-state index contributed by atoms with van der Waals surface area (Å²) in [6.07, 6.45) is 5.94. The standard InChI is InChI=1S/C18H29N9O/c1-19-15(28)10-13-4-8-27(9-5-13)18(20-2)22-7-6-21-16-14-11-25-26(3)17(14)24-12-23-16/h11-13H,4-10H2,1-3H3,(H,19,28)(H,20,22)(H,21,23,24). The molecule has 2 aromatic rings. The first-order chi connectivity index (χ1) is 13.6. The molecule has 2 aromatic heterocycles. The summed E-state index contributed by atoms with van der Waals surface area (Å²) in [6, 6.07) is 0. The lowest BCUT2D eigenvalue weighted by Gasteiger charge is -2.34. The van der Waals surface area contributed by atoms with Crippen molar-refractivity contribution < 1.29 is 4.79 Å². The molecular formula is C18H29N9O. The van der Waals surface area contributed by atoms with E-state index in [1.807, 2.05) is 7.05 Å². The van der Waals surface area contributed by atoms with E-state index in [1.54, 1.807) is 31.3 Å². The lowest BCUT2D eigenvalue weighted by Crippen LogP contribution is -2.47. The first kappa shape index (κ1) is 19.8. The summed E-state index contributed by atoms with van der Waals surface area (Å²) in [5, 5.41) is 14.6. The monoisotopic (exact) mass is 387 g/mol. The predicted molar refractivity (Wildman–Crippen MR) is 109 cm³/mol. The Morgan fingerprint density at radius 2 is 2.07 bits per heavy atom. The van der Waals surface area contributed by atoms with E-state index in [0.29, 0.717) is 18.9 Å². The zero-order valence-electron chi connectivity index (χ0n) is 16.8. The lowest BCUT2D eigenvalue weighted by molar-refractivity contribution is -0.121. The number of piperidine rings is 1. The highest BCUT2D eigenvalue weighted by Crippen LogP contribution is 2.20. The average molecular weight is 387 g/mol. The molecular weight excluding hydrogens is 358 g/mol. The van der Waals surface area contributed by atoms with Gasteiger partial charge in [-0.15, -0.1) is 0 Å². The molecule has 0 aliphatic carbocycles. The Hall–Kier alpha value is -2.91. The molecule has 1 aliphatic heterocycles. The summed E-state index contributed by atoms with van der Waals surface area (Å²) in [7, 11) is 5.36. The molecule has 0 saturated carbocycles. The number of carbonyl (C=O) groups excluding carboxylic acids is 1. The molecule has 28 heavy (non-hydrogen) atoms. The molecule has 1 fully saturated rings. The van der Waals surface area contributed by atoms with Gasteiger partial charge in [-0.3, -0.25) is 14.5 Å². The number of nitrogens with one attached hydrogen (secondary N) is 3. The highest BCUT2D eigenvalue weighted by atomic mass is 16.1. The van der Waals surface area contributed by atoms with Crippen LogP contribution >= 0.6 is 0 Å². The van der Waals surface area contributed by atoms with Gasteiger partial charge in [0.25, 0.3) is 0 Å². The van der Waals surface area contributed by atoms with Crippen LogP contribution in [0.4, 0.5) is 5.82 Å². The molecule has 1 amide bonds. The predicted octanol–water partition coefficient (Wildman–Crippen LogP) is 0.199. The van der Waals surface area contributed by atoms with Gasteiger partial charge < -0.3 is 20.9 Å². The number of aliphatic imine (C=N–C) groups is 1. The Kier molecular flexibility index (Phi) is 6.62. The van der Waals surface area contributed by atoms with Crippen molar-refractivity contribution in [2.45, 2.75) is 19.3 Å². The molecule has 10 heteroatoms. The number of aryl methyl sites for hydroxylation is 1. The summed E-state index contributed by atoms with van der Waals surface area (Å²) in [4.78, 5) is 26.7. The molecule has 0 unspecified atom stereocenters. The Bertz CT molecular complexity index is 824. The average Bonchev–Trinajstić information content (AvgIpc) is 3.10. The van der Waals surface area contributed by atoms with Crippen molar-refractivity contribution in [3.8, 4) is 0 Å². The Morgan fingerprint density at radius 3 is 2.79 bits per heavy atom. The fourth-order valence-electron chi connectivity index (χ4n) is 3.50. The molecule has 1 saturated heterocycles. The number of amides is 1. The number of likely N-dealkylation sites (tertiary alicyclic amines) is 1. The summed E-state index contributed by atoms with van der Waals surface area (Å²) in [6.45, 7) is 3.25. The van der Waals surface area contributed by atoms with Crippen LogP contribution in [0.3, 0.4) is 0 Å². The number of hydrogen-bond acceptors (Lipinski definition) is 6. The SMILES string of the molecule is CN=C(NCCNc1ncnc2c1cnn2C)N1CCC(CC(=O)NC)CC1. The number of guanidine groups is 1. The van der Waals surface area contributed by atoms with Crippen LogP contribution in [-0.2, 0) is 11.8 Å². The van der Waals surface area contributed by atoms with Crippen LogP contribution in [-0.4, -0.2) is 76.8 Å². The third-order valence-corrected chi connectivity index (χ3v) is 5.11. The molecule has 10 nitrogen and oxygen atoms in total. The number of fused-ring (bicyclic) bond motifs is 1. The number of carbonyl (C=O) groups is 1. The molecule has 0 bridgehead atoms. The first-order valence-electron chi connectivity index (χ1n) is 9.65. The largest absolute Gasteiger partial charge is 0.368 e. The molecule has 0 aromatic carbocycles. The van der Waals surface area contributed by atoms with Gasteiger partial charge in [-0.05, 0) is 18.8 Å². The normalized spacial score (nSPS) is 15.7. The quantitative estimate of drug-likeness (QED) is 0.369. The van der Waals surface area contributed by atoms with Gasteiger partial charge in [0.15, 0.2) is 11.6 Å². The fraction of sp³-hybridized carbons (Fsp3) is 0.611. The molecule has 152 valence electrons. The van der Waals surface area contributed by atoms with E-state index in [0.717, 1.165) is 55.3 Å². The van der Waals surface area contributed by atoms with E-state index in [4.69, 9.17) is 0 Å². The summed E-state index contributed by atoms with van der Waals surface area (Å²) in [5.74, 6) is 2.26. The fourth-order valence-corrected chi connectivity index (χ4v) is 3.50. The maximum atomic E-state index is 11.5. The highest BCUT2D eigenvalue weighted by molar-refractivity contribution is 5.86. The Morgan fingerprint density at radius 1 is 1.29 bits per heavy atom. The van der Waals surface area contributed by atoms with E-state index >= 15 is 0 Å². The zero-order chi connectivity index (χ0) is 19.9. The molecule has 3 heterocycles. The zero-order valence-corrected chi connectivity index (χ0v) is 16.8. The Labute approximate surface area is 164 Å². The van der Waals surface area contributed by atoms with Crippen LogP contribution in [0.15, 0.2) is 17.5 Å². The second kappa shape index (κ2) is 9.34. The van der Waals surface area contributed by atoms with Crippen LogP contribution in [0.25, 0.3) is 11.0 Å². The van der Waals surface area contributed by atoms with Crippen LogP contribution in [0.5, 0.6) is 0 Å². The maximum Gasteiger partial charge on any atom is 0.220 e. The van der Waals surface area contributed by atoms with Crippen molar-refractivity contribution in [2.24, 2.45) is 18.0 Å². The second-order valence-corrected chi connectivity index (χ2v) is 6.94. The lowest BCUT2D eigenvalue weighted by atomic mass is 9.93. The van der Waals surface area contributed by atoms with Gasteiger partial charge in [0.2, 0.25) is 5.91 Å². The summed E-state index contributed by atoms with van der Waals surface area (Å²) >= 11 is 0. The van der Waals surface area contributed by atoms with Crippen LogP contribution in [0.2, 0.25) is 0 Å². The van der Waals surface area contributed by atoms with E-state index < -0.39 is 0 Å². The topological polar surface area (TPSA) is 112 Å². The molecule has 0 spiro atoms. The van der Waals surface area contributed by atoms with Crippen molar-refractivity contribution in [2.75, 3.05) is 45.6 Å². The smallest absolute Gasteiger partial charge is 0.220 e. The van der Waals surface area contributed by atoms with E-state index in [-0.39, 0.29) is 5.91 Å². The van der Waals surface area contributed by atoms with Gasteiger partial charge in [0.1, 0.15) is 12.1 Å². The van der Waals surface area contributed by atoms with E-state index in [2.05, 4.69) is 40.9 Å². The van der Waals surface area contributed by atoms with E-state index in [1.165, 1.54) is 0 Å². The number of aromatic nitrogens is 4. The van der Waals surface area contributed by atoms with Crippen molar-refractivity contribution in [1.82, 2.24) is 35.3 Å². The summed E-state index contributed by atoms with van der Waals surface area (Å²) < 4.78 is 1.73. The Balaban J connectivity index is 1.44. The van der Waals surface area contributed by atoms with Gasteiger partial charge in [-0.2, -0.15) is 5.10 Å².